The molecule has 8 nitrogen and oxygen atoms in total. The molecule has 0 spiro atoms. The summed E-state index contributed by atoms with van der Waals surface area (Å²) in [7, 11) is 1.75. The van der Waals surface area contributed by atoms with Crippen LogP contribution in [0.5, 0.6) is 0 Å². The number of aromatic nitrogens is 3. The summed E-state index contributed by atoms with van der Waals surface area (Å²) in [6.45, 7) is 4.06. The largest absolute Gasteiger partial charge is 0.450 e. The van der Waals surface area contributed by atoms with Crippen molar-refractivity contribution in [2.24, 2.45) is 7.05 Å². The van der Waals surface area contributed by atoms with Crippen LogP contribution in [0.25, 0.3) is 0 Å². The molecule has 2 heterocycles. The van der Waals surface area contributed by atoms with Gasteiger partial charge in [0.25, 0.3) is 5.91 Å². The molecular weight excluding hydrogens is 298 g/mol. The molecule has 2 aromatic rings. The molecule has 0 aliphatic carbocycles. The first-order valence-electron chi connectivity index (χ1n) is 7.17. The van der Waals surface area contributed by atoms with Gasteiger partial charge in [-0.1, -0.05) is 0 Å². The van der Waals surface area contributed by atoms with Crippen LogP contribution in [-0.4, -0.2) is 33.4 Å². The highest BCUT2D eigenvalue weighted by molar-refractivity contribution is 6.03. The predicted molar refractivity (Wildman–Crippen MR) is 84.0 cm³/mol. The van der Waals surface area contributed by atoms with Crippen LogP contribution in [0.15, 0.2) is 24.4 Å². The molecule has 0 aromatic carbocycles. The van der Waals surface area contributed by atoms with Crippen molar-refractivity contribution < 1.29 is 14.3 Å². The average Bonchev–Trinajstić information content (AvgIpc) is 2.83. The molecule has 0 unspecified atom stereocenters. The van der Waals surface area contributed by atoms with E-state index in [-0.39, 0.29) is 12.5 Å². The molecule has 2 aromatic heterocycles. The van der Waals surface area contributed by atoms with Crippen LogP contribution in [0, 0.1) is 6.92 Å². The molecule has 2 N–H and O–H groups in total. The number of ether oxygens (including phenoxy) is 1. The zero-order valence-electron chi connectivity index (χ0n) is 13.3. The number of hydrogen-bond donors (Lipinski definition) is 2. The molecule has 0 aliphatic rings. The fourth-order valence-electron chi connectivity index (χ4n) is 1.98. The minimum absolute atomic E-state index is 0.185. The van der Waals surface area contributed by atoms with Crippen LogP contribution < -0.4 is 10.6 Å². The number of nitrogens with zero attached hydrogens (tertiary/aromatic N) is 3. The number of rotatable bonds is 5. The maximum Gasteiger partial charge on any atom is 0.407 e. The monoisotopic (exact) mass is 317 g/mol. The third-order valence-corrected chi connectivity index (χ3v) is 3.01. The lowest BCUT2D eigenvalue weighted by molar-refractivity contribution is 0.102. The van der Waals surface area contributed by atoms with Crippen LogP contribution in [0.4, 0.5) is 10.6 Å². The maximum atomic E-state index is 12.3. The smallest absolute Gasteiger partial charge is 0.407 e. The van der Waals surface area contributed by atoms with Crippen molar-refractivity contribution in [1.82, 2.24) is 20.1 Å². The number of anilines is 1. The van der Waals surface area contributed by atoms with E-state index in [0.29, 0.717) is 23.7 Å². The van der Waals surface area contributed by atoms with E-state index in [1.807, 2.05) is 6.92 Å². The molecule has 2 amide bonds. The zero-order valence-corrected chi connectivity index (χ0v) is 13.3. The summed E-state index contributed by atoms with van der Waals surface area (Å²) in [4.78, 5) is 27.7. The van der Waals surface area contributed by atoms with E-state index < -0.39 is 6.09 Å². The summed E-state index contributed by atoms with van der Waals surface area (Å²) in [5, 5.41) is 9.51. The van der Waals surface area contributed by atoms with E-state index in [1.54, 1.807) is 36.9 Å². The number of hydrogen-bond acceptors (Lipinski definition) is 5. The van der Waals surface area contributed by atoms with Gasteiger partial charge in [-0.15, -0.1) is 0 Å². The lowest BCUT2D eigenvalue weighted by Gasteiger charge is -2.07. The van der Waals surface area contributed by atoms with Gasteiger partial charge in [-0.2, -0.15) is 5.10 Å². The molecule has 2 rings (SSSR count). The maximum absolute atomic E-state index is 12.3. The van der Waals surface area contributed by atoms with Crippen molar-refractivity contribution in [2.75, 3.05) is 11.9 Å². The summed E-state index contributed by atoms with van der Waals surface area (Å²) in [5.41, 5.74) is 1.82. The van der Waals surface area contributed by atoms with E-state index in [1.165, 1.54) is 6.20 Å². The Balaban J connectivity index is 2.02. The average molecular weight is 317 g/mol. The Morgan fingerprint density at radius 1 is 1.35 bits per heavy atom. The number of alkyl carbamates (subject to hydrolysis) is 1. The van der Waals surface area contributed by atoms with E-state index >= 15 is 0 Å². The second-order valence-electron chi connectivity index (χ2n) is 4.86. The molecule has 122 valence electrons. The Morgan fingerprint density at radius 3 is 2.78 bits per heavy atom. The quantitative estimate of drug-likeness (QED) is 0.873. The second-order valence-corrected chi connectivity index (χ2v) is 4.86. The van der Waals surface area contributed by atoms with Gasteiger partial charge in [-0.05, 0) is 26.0 Å². The van der Waals surface area contributed by atoms with Crippen molar-refractivity contribution in [1.29, 1.82) is 0 Å². The van der Waals surface area contributed by atoms with Gasteiger partial charge >= 0.3 is 6.09 Å². The van der Waals surface area contributed by atoms with Gasteiger partial charge in [-0.3, -0.25) is 14.5 Å². The van der Waals surface area contributed by atoms with Crippen LogP contribution in [0.3, 0.4) is 0 Å². The van der Waals surface area contributed by atoms with Crippen molar-refractivity contribution in [2.45, 2.75) is 20.4 Å². The molecule has 23 heavy (non-hydrogen) atoms. The number of pyridine rings is 1. The summed E-state index contributed by atoms with van der Waals surface area (Å²) in [6.07, 6.45) is 1.00. The van der Waals surface area contributed by atoms with Gasteiger partial charge in [0.2, 0.25) is 0 Å². The Hall–Kier alpha value is -2.90. The summed E-state index contributed by atoms with van der Waals surface area (Å²) in [5.74, 6) is 0.336. The van der Waals surface area contributed by atoms with E-state index in [9.17, 15) is 9.59 Å². The number of nitrogens with one attached hydrogen (secondary N) is 2. The normalized spacial score (nSPS) is 10.2. The minimum Gasteiger partial charge on any atom is -0.450 e. The summed E-state index contributed by atoms with van der Waals surface area (Å²) < 4.78 is 6.36. The molecular formula is C15H19N5O3. The molecule has 0 bridgehead atoms. The molecule has 0 fully saturated rings. The standard InChI is InChI=1S/C15H19N5O3/c1-4-23-15(22)17-9-12-8-11(5-6-16-12)14(21)18-13-7-10(2)19-20(13)3/h5-8H,4,9H2,1-3H3,(H,17,22)(H,18,21). The SMILES string of the molecule is CCOC(=O)NCc1cc(C(=O)Nc2cc(C)nn2C)ccn1. The molecule has 0 aliphatic heterocycles. The minimum atomic E-state index is -0.519. The molecule has 0 radical (unpaired) electrons. The Kier molecular flexibility index (Phi) is 5.29. The molecule has 0 saturated carbocycles. The predicted octanol–water partition coefficient (Wildman–Crippen LogP) is 1.62. The topological polar surface area (TPSA) is 98.1 Å². The van der Waals surface area contributed by atoms with Gasteiger partial charge in [-0.25, -0.2) is 4.79 Å². The first-order chi connectivity index (χ1) is 11.0. The first kappa shape index (κ1) is 16.5. The van der Waals surface area contributed by atoms with Gasteiger partial charge in [0, 0.05) is 24.9 Å². The molecule has 0 saturated heterocycles. The van der Waals surface area contributed by atoms with Crippen molar-refractivity contribution in [3.05, 3.63) is 41.3 Å². The zero-order chi connectivity index (χ0) is 16.8. The van der Waals surface area contributed by atoms with E-state index in [4.69, 9.17) is 4.74 Å². The number of carbonyl (C=O) groups excluding carboxylic acids is 2. The van der Waals surface area contributed by atoms with Crippen molar-refractivity contribution in [3.63, 3.8) is 0 Å². The summed E-state index contributed by atoms with van der Waals surface area (Å²) >= 11 is 0. The first-order valence-corrected chi connectivity index (χ1v) is 7.17. The second kappa shape index (κ2) is 7.39. The summed E-state index contributed by atoms with van der Waals surface area (Å²) in [6, 6.07) is 5.00. The number of aryl methyl sites for hydroxylation is 2. The van der Waals surface area contributed by atoms with E-state index in [0.717, 1.165) is 5.69 Å². The Labute approximate surface area is 133 Å². The van der Waals surface area contributed by atoms with Crippen molar-refractivity contribution in [3.8, 4) is 0 Å². The van der Waals surface area contributed by atoms with Gasteiger partial charge in [0.1, 0.15) is 5.82 Å². The number of amides is 2. The van der Waals surface area contributed by atoms with Crippen LogP contribution in [-0.2, 0) is 18.3 Å². The lowest BCUT2D eigenvalue weighted by Crippen LogP contribution is -2.24. The van der Waals surface area contributed by atoms with Crippen LogP contribution in [0.2, 0.25) is 0 Å². The van der Waals surface area contributed by atoms with Crippen LogP contribution in [0.1, 0.15) is 28.7 Å². The molecule has 0 atom stereocenters. The number of carbonyl (C=O) groups is 2. The lowest BCUT2D eigenvalue weighted by atomic mass is 10.2. The fourth-order valence-corrected chi connectivity index (χ4v) is 1.98. The third kappa shape index (κ3) is 4.53. The van der Waals surface area contributed by atoms with Gasteiger partial charge < -0.3 is 15.4 Å². The van der Waals surface area contributed by atoms with E-state index in [2.05, 4.69) is 20.7 Å². The third-order valence-electron chi connectivity index (χ3n) is 3.01. The van der Waals surface area contributed by atoms with Gasteiger partial charge in [0.05, 0.1) is 24.5 Å². The highest BCUT2D eigenvalue weighted by Gasteiger charge is 2.11. The highest BCUT2D eigenvalue weighted by atomic mass is 16.5. The molecule has 8 heteroatoms. The highest BCUT2D eigenvalue weighted by Crippen LogP contribution is 2.11. The Bertz CT molecular complexity index is 711. The van der Waals surface area contributed by atoms with Gasteiger partial charge in [0.15, 0.2) is 0 Å². The fraction of sp³-hybridized carbons (Fsp3) is 0.333. The van der Waals surface area contributed by atoms with Crippen molar-refractivity contribution >= 4 is 17.8 Å². The van der Waals surface area contributed by atoms with Crippen LogP contribution >= 0.6 is 0 Å². The Morgan fingerprint density at radius 2 is 2.13 bits per heavy atom.